The van der Waals surface area contributed by atoms with E-state index in [1.54, 1.807) is 20.8 Å². The molecule has 11 heteroatoms. The highest BCUT2D eigenvalue weighted by atomic mass is 16.6. The summed E-state index contributed by atoms with van der Waals surface area (Å²) in [5.74, 6) is -2.52. The van der Waals surface area contributed by atoms with Crippen LogP contribution >= 0.6 is 0 Å². The lowest BCUT2D eigenvalue weighted by molar-refractivity contribution is -0.193. The van der Waals surface area contributed by atoms with Gasteiger partial charge in [-0.15, -0.1) is 0 Å². The van der Waals surface area contributed by atoms with Crippen LogP contribution < -0.4 is 16.0 Å². The lowest BCUT2D eigenvalue weighted by Gasteiger charge is -2.37. The molecule has 48 heavy (non-hydrogen) atoms. The number of fused-ring (bicyclic) bond motifs is 2. The maximum atomic E-state index is 13.7. The van der Waals surface area contributed by atoms with Crippen molar-refractivity contribution in [3.63, 3.8) is 0 Å². The molecule has 1 aliphatic heterocycles. The number of rotatable bonds is 12. The summed E-state index contributed by atoms with van der Waals surface area (Å²) in [6.45, 7) is 10.5. The van der Waals surface area contributed by atoms with Gasteiger partial charge in [-0.1, -0.05) is 68.8 Å². The lowest BCUT2D eigenvalue weighted by Crippen LogP contribution is -2.56. The highest BCUT2D eigenvalue weighted by Gasteiger charge is 2.51. The van der Waals surface area contributed by atoms with Crippen molar-refractivity contribution in [2.45, 2.75) is 97.2 Å². The summed E-state index contributed by atoms with van der Waals surface area (Å²) >= 11 is 0. The minimum atomic E-state index is -1.05. The Labute approximate surface area is 280 Å². The van der Waals surface area contributed by atoms with Crippen LogP contribution in [0, 0.1) is 17.8 Å². The molecule has 3 N–H and O–H groups in total. The predicted octanol–water partition coefficient (Wildman–Crippen LogP) is 4.92. The standard InChI is InChI=1S/C37H45N3O8/c1-7-20(2)30-31(47-35(30)44)33(42)39-28-17-24(28)18-29(40-32(41)21(3)38-36(45)48-37(4,5)6)34(43)46-19-27-25-14-10-8-12-22(25)16-23-13-9-11-15-26(23)27/h8-16,20-21,24,28-31H,7,17-19H2,1-6H3,(H,38,45)(H,39,42)(H,40,41). The van der Waals surface area contributed by atoms with E-state index in [-0.39, 0.29) is 42.8 Å². The average molecular weight is 660 g/mol. The highest BCUT2D eigenvalue weighted by molar-refractivity contribution is 6.02. The summed E-state index contributed by atoms with van der Waals surface area (Å²) in [4.78, 5) is 64.2. The van der Waals surface area contributed by atoms with Gasteiger partial charge in [0.2, 0.25) is 5.91 Å². The molecular weight excluding hydrogens is 614 g/mol. The molecule has 11 nitrogen and oxygen atoms in total. The Kier molecular flexibility index (Phi) is 10.3. The normalized spacial score (nSPS) is 22.0. The van der Waals surface area contributed by atoms with Crippen molar-refractivity contribution in [3.05, 3.63) is 60.2 Å². The summed E-state index contributed by atoms with van der Waals surface area (Å²) in [5, 5.41) is 12.1. The van der Waals surface area contributed by atoms with Crippen molar-refractivity contribution >= 4 is 51.4 Å². The third-order valence-electron chi connectivity index (χ3n) is 9.11. The molecule has 3 aromatic carbocycles. The fraction of sp³-hybridized carbons (Fsp3) is 0.486. The zero-order valence-corrected chi connectivity index (χ0v) is 28.3. The zero-order chi connectivity index (χ0) is 34.7. The minimum Gasteiger partial charge on any atom is -0.459 e. The third-order valence-corrected chi connectivity index (χ3v) is 9.11. The first kappa shape index (κ1) is 34.7. The van der Waals surface area contributed by atoms with Crippen LogP contribution in [0.2, 0.25) is 0 Å². The summed E-state index contributed by atoms with van der Waals surface area (Å²) in [5.41, 5.74) is 0.0977. The van der Waals surface area contributed by atoms with Crippen LogP contribution in [0.1, 0.15) is 66.4 Å². The monoisotopic (exact) mass is 659 g/mol. The molecule has 1 saturated heterocycles. The molecule has 7 unspecified atom stereocenters. The van der Waals surface area contributed by atoms with Gasteiger partial charge in [0.15, 0.2) is 6.10 Å². The maximum absolute atomic E-state index is 13.7. The van der Waals surface area contributed by atoms with E-state index in [0.717, 1.165) is 33.5 Å². The quantitative estimate of drug-likeness (QED) is 0.141. The number of hydrogen-bond acceptors (Lipinski definition) is 8. The number of carbonyl (C=O) groups is 5. The van der Waals surface area contributed by atoms with Crippen LogP contribution in [0.5, 0.6) is 0 Å². The number of carbonyl (C=O) groups excluding carboxylic acids is 5. The number of esters is 2. The first-order valence-corrected chi connectivity index (χ1v) is 16.6. The molecule has 1 saturated carbocycles. The number of ether oxygens (including phenoxy) is 3. The van der Waals surface area contributed by atoms with Gasteiger partial charge < -0.3 is 30.2 Å². The van der Waals surface area contributed by atoms with Gasteiger partial charge >= 0.3 is 18.0 Å². The van der Waals surface area contributed by atoms with Crippen LogP contribution in [-0.2, 0) is 40.0 Å². The Balaban J connectivity index is 1.28. The number of alkyl carbamates (subject to hydrolysis) is 1. The van der Waals surface area contributed by atoms with Crippen molar-refractivity contribution in [2.24, 2.45) is 17.8 Å². The molecule has 0 radical (unpaired) electrons. The Bertz CT molecular complexity index is 1660. The van der Waals surface area contributed by atoms with E-state index in [2.05, 4.69) is 22.0 Å². The van der Waals surface area contributed by atoms with Crippen LogP contribution in [-0.4, -0.2) is 59.7 Å². The predicted molar refractivity (Wildman–Crippen MR) is 179 cm³/mol. The lowest BCUT2D eigenvalue weighted by atomic mass is 9.83. The van der Waals surface area contributed by atoms with Gasteiger partial charge in [-0.05, 0) is 80.0 Å². The summed E-state index contributed by atoms with van der Waals surface area (Å²) < 4.78 is 16.3. The minimum absolute atomic E-state index is 0.0153. The number of benzene rings is 3. The molecule has 0 spiro atoms. The Morgan fingerprint density at radius 1 is 0.958 bits per heavy atom. The van der Waals surface area contributed by atoms with Crippen molar-refractivity contribution in [1.82, 2.24) is 16.0 Å². The molecule has 3 aromatic rings. The van der Waals surface area contributed by atoms with E-state index in [1.807, 2.05) is 62.4 Å². The second-order valence-electron chi connectivity index (χ2n) is 13.9. The molecule has 3 amide bonds. The molecule has 1 heterocycles. The van der Waals surface area contributed by atoms with Crippen LogP contribution in [0.25, 0.3) is 21.5 Å². The Morgan fingerprint density at radius 2 is 1.58 bits per heavy atom. The van der Waals surface area contributed by atoms with Gasteiger partial charge in [0.1, 0.15) is 30.2 Å². The molecule has 5 rings (SSSR count). The molecule has 7 atom stereocenters. The molecule has 2 fully saturated rings. The van der Waals surface area contributed by atoms with Gasteiger partial charge in [0.05, 0.1) is 0 Å². The first-order chi connectivity index (χ1) is 22.8. The summed E-state index contributed by atoms with van der Waals surface area (Å²) in [7, 11) is 0. The van der Waals surface area contributed by atoms with Crippen LogP contribution in [0.3, 0.4) is 0 Å². The van der Waals surface area contributed by atoms with Crippen LogP contribution in [0.15, 0.2) is 54.6 Å². The van der Waals surface area contributed by atoms with Gasteiger partial charge in [0, 0.05) is 11.6 Å². The highest BCUT2D eigenvalue weighted by Crippen LogP contribution is 2.37. The summed E-state index contributed by atoms with van der Waals surface area (Å²) in [6.07, 6.45) is -0.0624. The molecular formula is C37H45N3O8. The van der Waals surface area contributed by atoms with Crippen molar-refractivity contribution in [1.29, 1.82) is 0 Å². The fourth-order valence-electron chi connectivity index (χ4n) is 6.15. The number of hydrogen-bond donors (Lipinski definition) is 3. The largest absolute Gasteiger partial charge is 0.459 e. The maximum Gasteiger partial charge on any atom is 0.408 e. The van der Waals surface area contributed by atoms with Gasteiger partial charge in [0.25, 0.3) is 5.91 Å². The van der Waals surface area contributed by atoms with E-state index in [1.165, 1.54) is 6.92 Å². The van der Waals surface area contributed by atoms with E-state index in [9.17, 15) is 24.0 Å². The van der Waals surface area contributed by atoms with Crippen LogP contribution in [0.4, 0.5) is 4.79 Å². The fourth-order valence-corrected chi connectivity index (χ4v) is 6.15. The second kappa shape index (κ2) is 14.2. The molecule has 2 aliphatic rings. The van der Waals surface area contributed by atoms with Gasteiger partial charge in [-0.25, -0.2) is 9.59 Å². The number of nitrogens with one attached hydrogen (secondary N) is 3. The first-order valence-electron chi connectivity index (χ1n) is 16.6. The van der Waals surface area contributed by atoms with Crippen molar-refractivity contribution in [2.75, 3.05) is 0 Å². The van der Waals surface area contributed by atoms with E-state index in [0.29, 0.717) is 6.42 Å². The van der Waals surface area contributed by atoms with Gasteiger partial charge in [-0.3, -0.25) is 14.4 Å². The zero-order valence-electron chi connectivity index (χ0n) is 28.3. The average Bonchev–Trinajstić information content (AvgIpc) is 3.76. The van der Waals surface area contributed by atoms with E-state index < -0.39 is 47.7 Å². The number of amides is 3. The second-order valence-corrected chi connectivity index (χ2v) is 13.9. The third kappa shape index (κ3) is 8.06. The SMILES string of the molecule is CCC(C)C1C(=O)OC1C(=O)NC1CC1CC(NC(=O)C(C)NC(=O)OC(C)(C)C)C(=O)OCc1c2ccccc2cc2ccccc12. The molecule has 1 aliphatic carbocycles. The van der Waals surface area contributed by atoms with Crippen molar-refractivity contribution < 1.29 is 38.2 Å². The number of cyclic esters (lactones) is 1. The van der Waals surface area contributed by atoms with E-state index >= 15 is 0 Å². The molecule has 256 valence electrons. The van der Waals surface area contributed by atoms with Crippen molar-refractivity contribution in [3.8, 4) is 0 Å². The van der Waals surface area contributed by atoms with Gasteiger partial charge in [-0.2, -0.15) is 0 Å². The molecule has 0 aromatic heterocycles. The Morgan fingerprint density at radius 3 is 2.17 bits per heavy atom. The van der Waals surface area contributed by atoms with E-state index in [4.69, 9.17) is 14.2 Å². The molecule has 0 bridgehead atoms. The smallest absolute Gasteiger partial charge is 0.408 e. The Hall–Kier alpha value is -4.67. The topological polar surface area (TPSA) is 149 Å². The summed E-state index contributed by atoms with van der Waals surface area (Å²) in [6, 6.07) is 15.5.